The van der Waals surface area contributed by atoms with E-state index in [2.05, 4.69) is 31.0 Å². The van der Waals surface area contributed by atoms with Crippen molar-refractivity contribution in [2.75, 3.05) is 6.54 Å². The minimum Gasteiger partial charge on any atom is -0.346 e. The van der Waals surface area contributed by atoms with Gasteiger partial charge in [-0.15, -0.1) is 10.2 Å². The van der Waals surface area contributed by atoms with Crippen molar-refractivity contribution in [3.8, 4) is 11.4 Å². The van der Waals surface area contributed by atoms with Crippen molar-refractivity contribution in [1.82, 2.24) is 20.1 Å². The van der Waals surface area contributed by atoms with Crippen LogP contribution in [0, 0.1) is 0 Å². The number of carbonyl (C=O) groups is 1. The monoisotopic (exact) mass is 414 g/mol. The van der Waals surface area contributed by atoms with E-state index in [0.29, 0.717) is 17.5 Å². The second kappa shape index (κ2) is 8.55. The molecule has 2 rings (SSSR count). The maximum Gasteiger partial charge on any atom is 0.405 e. The van der Waals surface area contributed by atoms with Crippen molar-refractivity contribution in [1.29, 1.82) is 0 Å². The predicted molar refractivity (Wildman–Crippen MR) is 104 cm³/mol. The number of amides is 1. The number of halogens is 3. The van der Waals surface area contributed by atoms with Gasteiger partial charge < -0.3 is 9.88 Å². The van der Waals surface area contributed by atoms with Crippen LogP contribution in [0.25, 0.3) is 11.4 Å². The first kappa shape index (κ1) is 22.3. The third kappa shape index (κ3) is 5.73. The van der Waals surface area contributed by atoms with E-state index >= 15 is 0 Å². The van der Waals surface area contributed by atoms with E-state index in [0.717, 1.165) is 17.3 Å². The summed E-state index contributed by atoms with van der Waals surface area (Å²) >= 11 is 1.09. The van der Waals surface area contributed by atoms with Crippen molar-refractivity contribution >= 4 is 17.7 Å². The Morgan fingerprint density at radius 2 is 1.79 bits per heavy atom. The number of nitrogens with zero attached hydrogens (tertiary/aromatic N) is 3. The summed E-state index contributed by atoms with van der Waals surface area (Å²) in [5, 5.41) is 10.0. The van der Waals surface area contributed by atoms with E-state index in [9.17, 15) is 18.0 Å². The summed E-state index contributed by atoms with van der Waals surface area (Å²) in [6.07, 6.45) is -4.43. The van der Waals surface area contributed by atoms with E-state index in [1.54, 1.807) is 6.92 Å². The van der Waals surface area contributed by atoms with E-state index in [-0.39, 0.29) is 5.41 Å². The van der Waals surface area contributed by atoms with Gasteiger partial charge in [-0.1, -0.05) is 56.8 Å². The Hall–Kier alpha value is -2.03. The van der Waals surface area contributed by atoms with Gasteiger partial charge in [0.25, 0.3) is 0 Å². The quantitative estimate of drug-likeness (QED) is 0.711. The molecule has 5 nitrogen and oxygen atoms in total. The van der Waals surface area contributed by atoms with Gasteiger partial charge in [0.15, 0.2) is 11.0 Å². The van der Waals surface area contributed by atoms with Crippen molar-refractivity contribution in [3.05, 3.63) is 29.8 Å². The fourth-order valence-electron chi connectivity index (χ4n) is 2.54. The molecule has 0 unspecified atom stereocenters. The molecule has 0 spiro atoms. The van der Waals surface area contributed by atoms with Crippen LogP contribution in [0.1, 0.15) is 40.2 Å². The summed E-state index contributed by atoms with van der Waals surface area (Å²) in [6, 6.07) is 8.05. The maximum atomic E-state index is 12.3. The van der Waals surface area contributed by atoms with Crippen molar-refractivity contribution in [2.45, 2.75) is 63.2 Å². The Kier molecular flexibility index (Phi) is 6.80. The number of alkyl halides is 3. The van der Waals surface area contributed by atoms with E-state index in [1.165, 1.54) is 5.56 Å². The lowest BCUT2D eigenvalue weighted by Gasteiger charge is -2.19. The molecule has 154 valence electrons. The fourth-order valence-corrected chi connectivity index (χ4v) is 3.47. The molecule has 1 aromatic carbocycles. The van der Waals surface area contributed by atoms with Crippen LogP contribution in [0.15, 0.2) is 29.4 Å². The number of carbonyl (C=O) groups excluding carboxylic acids is 1. The molecule has 9 heteroatoms. The molecule has 0 bridgehead atoms. The van der Waals surface area contributed by atoms with Crippen LogP contribution in [-0.4, -0.2) is 38.6 Å². The Bertz CT molecular complexity index is 810. The maximum absolute atomic E-state index is 12.3. The molecule has 1 amide bonds. The largest absolute Gasteiger partial charge is 0.405 e. The third-order valence-corrected chi connectivity index (χ3v) is 5.24. The molecule has 1 atom stereocenters. The van der Waals surface area contributed by atoms with Crippen LogP contribution in [-0.2, 0) is 16.8 Å². The minimum absolute atomic E-state index is 0.0389. The summed E-state index contributed by atoms with van der Waals surface area (Å²) in [5.74, 6) is -0.0302. The van der Waals surface area contributed by atoms with Crippen LogP contribution >= 0.6 is 11.8 Å². The summed E-state index contributed by atoms with van der Waals surface area (Å²) < 4.78 is 38.7. The Morgan fingerprint density at radius 1 is 1.18 bits per heavy atom. The lowest BCUT2D eigenvalue weighted by atomic mass is 9.87. The minimum atomic E-state index is -4.43. The molecule has 0 fully saturated rings. The van der Waals surface area contributed by atoms with E-state index < -0.39 is 23.9 Å². The first-order chi connectivity index (χ1) is 12.9. The molecule has 0 radical (unpaired) electrons. The molecule has 0 aliphatic carbocycles. The molecular formula is C19H25F3N4OS. The smallest absolute Gasteiger partial charge is 0.346 e. The molecule has 0 aliphatic heterocycles. The number of hydrogen-bond donors (Lipinski definition) is 1. The van der Waals surface area contributed by atoms with Crippen molar-refractivity contribution in [2.24, 2.45) is 0 Å². The van der Waals surface area contributed by atoms with Crippen LogP contribution in [0.2, 0.25) is 0 Å². The Balaban J connectivity index is 2.16. The highest BCUT2D eigenvalue weighted by Gasteiger charge is 2.29. The molecular weight excluding hydrogens is 389 g/mol. The van der Waals surface area contributed by atoms with Crippen LogP contribution in [0.3, 0.4) is 0 Å². The number of benzene rings is 1. The van der Waals surface area contributed by atoms with Gasteiger partial charge in [0.05, 0.1) is 5.25 Å². The highest BCUT2D eigenvalue weighted by Crippen LogP contribution is 2.29. The molecule has 0 saturated heterocycles. The second-order valence-corrected chi connectivity index (χ2v) is 8.78. The molecule has 0 saturated carbocycles. The van der Waals surface area contributed by atoms with Crippen LogP contribution in [0.5, 0.6) is 0 Å². The average molecular weight is 414 g/mol. The SMILES string of the molecule is CCn1c(S[C@H](C)C(=O)NCC(F)(F)F)nnc1-c1ccc(C(C)(C)C)cc1. The highest BCUT2D eigenvalue weighted by molar-refractivity contribution is 8.00. The second-order valence-electron chi connectivity index (χ2n) is 7.47. The van der Waals surface area contributed by atoms with Gasteiger partial charge in [-0.3, -0.25) is 4.79 Å². The molecule has 0 aliphatic rings. The number of aromatic nitrogens is 3. The predicted octanol–water partition coefficient (Wildman–Crippen LogP) is 4.42. The van der Waals surface area contributed by atoms with E-state index in [4.69, 9.17) is 0 Å². The average Bonchev–Trinajstić information content (AvgIpc) is 3.00. The van der Waals surface area contributed by atoms with Crippen LogP contribution < -0.4 is 5.32 Å². The van der Waals surface area contributed by atoms with Gasteiger partial charge in [0.2, 0.25) is 5.91 Å². The zero-order chi connectivity index (χ0) is 21.1. The number of nitrogens with one attached hydrogen (secondary N) is 1. The topological polar surface area (TPSA) is 59.8 Å². The fraction of sp³-hybridized carbons (Fsp3) is 0.526. The lowest BCUT2D eigenvalue weighted by molar-refractivity contribution is -0.137. The van der Waals surface area contributed by atoms with Crippen molar-refractivity contribution in [3.63, 3.8) is 0 Å². The first-order valence-corrected chi connectivity index (χ1v) is 9.85. The molecule has 1 aromatic heterocycles. The van der Waals surface area contributed by atoms with E-state index in [1.807, 2.05) is 41.1 Å². The van der Waals surface area contributed by atoms with Gasteiger partial charge >= 0.3 is 6.18 Å². The van der Waals surface area contributed by atoms with Gasteiger partial charge in [-0.2, -0.15) is 13.2 Å². The van der Waals surface area contributed by atoms with Gasteiger partial charge in [0.1, 0.15) is 6.54 Å². The zero-order valence-electron chi connectivity index (χ0n) is 16.6. The highest BCUT2D eigenvalue weighted by atomic mass is 32.2. The number of rotatable bonds is 6. The number of thioether (sulfide) groups is 1. The molecule has 2 aromatic rings. The first-order valence-electron chi connectivity index (χ1n) is 8.97. The lowest BCUT2D eigenvalue weighted by Crippen LogP contribution is -2.38. The molecule has 28 heavy (non-hydrogen) atoms. The Morgan fingerprint density at radius 3 is 2.29 bits per heavy atom. The Labute approximate surface area is 167 Å². The third-order valence-electron chi connectivity index (χ3n) is 4.16. The number of hydrogen-bond acceptors (Lipinski definition) is 4. The summed E-state index contributed by atoms with van der Waals surface area (Å²) in [4.78, 5) is 11.9. The summed E-state index contributed by atoms with van der Waals surface area (Å²) in [5.41, 5.74) is 2.13. The zero-order valence-corrected chi connectivity index (χ0v) is 17.4. The van der Waals surface area contributed by atoms with Gasteiger partial charge in [0, 0.05) is 12.1 Å². The normalized spacial score (nSPS) is 13.4. The molecule has 1 heterocycles. The van der Waals surface area contributed by atoms with Crippen molar-refractivity contribution < 1.29 is 18.0 Å². The standard InChI is InChI=1S/C19H25F3N4OS/c1-6-26-15(13-7-9-14(10-8-13)18(3,4)5)24-25-17(26)28-12(2)16(27)23-11-19(20,21)22/h7-10,12H,6,11H2,1-5H3,(H,23,27)/t12-/m1/s1. The summed E-state index contributed by atoms with van der Waals surface area (Å²) in [7, 11) is 0. The van der Waals surface area contributed by atoms with Crippen LogP contribution in [0.4, 0.5) is 13.2 Å². The van der Waals surface area contributed by atoms with Gasteiger partial charge in [-0.05, 0) is 24.8 Å². The van der Waals surface area contributed by atoms with Gasteiger partial charge in [-0.25, -0.2) is 0 Å². The molecule has 1 N–H and O–H groups in total. The summed E-state index contributed by atoms with van der Waals surface area (Å²) in [6.45, 7) is 9.10.